The second kappa shape index (κ2) is 8.28. The number of nitrogens with zero attached hydrogens (tertiary/aromatic N) is 2. The Morgan fingerprint density at radius 3 is 2.04 bits per heavy atom. The summed E-state index contributed by atoms with van der Waals surface area (Å²) < 4.78 is 56.5. The number of hydrogen-bond donors (Lipinski definition) is 0. The minimum atomic E-state index is -3.07. The number of amides is 2. The first-order valence-electron chi connectivity index (χ1n) is 8.44. The lowest BCUT2D eigenvalue weighted by Gasteiger charge is -2.35. The standard InChI is InChI=1S/C19H16F4N2O3/c20-12-5-6-15(21)14(11-12)18(27)25-9-7-24(8-10-25)17(26)13-3-1-2-4-16(13)28-19(22)23/h1-6,11,19H,7-10H2. The van der Waals surface area contributed by atoms with Gasteiger partial charge in [-0.3, -0.25) is 9.59 Å². The van der Waals surface area contributed by atoms with E-state index in [2.05, 4.69) is 4.74 Å². The zero-order chi connectivity index (χ0) is 20.3. The molecule has 0 bridgehead atoms. The van der Waals surface area contributed by atoms with Crippen molar-refractivity contribution in [1.29, 1.82) is 0 Å². The summed E-state index contributed by atoms with van der Waals surface area (Å²) in [5.41, 5.74) is -0.394. The molecule has 3 rings (SSSR count). The van der Waals surface area contributed by atoms with E-state index >= 15 is 0 Å². The highest BCUT2D eigenvalue weighted by molar-refractivity contribution is 5.97. The molecule has 2 aromatic rings. The van der Waals surface area contributed by atoms with Crippen molar-refractivity contribution in [2.24, 2.45) is 0 Å². The Morgan fingerprint density at radius 1 is 0.857 bits per heavy atom. The molecule has 0 aromatic heterocycles. The number of carbonyl (C=O) groups is 2. The van der Waals surface area contributed by atoms with E-state index in [1.165, 1.54) is 34.1 Å². The van der Waals surface area contributed by atoms with Gasteiger partial charge in [0.25, 0.3) is 11.8 Å². The third-order valence-corrected chi connectivity index (χ3v) is 4.35. The zero-order valence-corrected chi connectivity index (χ0v) is 14.6. The number of halogens is 4. The Bertz CT molecular complexity index is 883. The molecule has 28 heavy (non-hydrogen) atoms. The van der Waals surface area contributed by atoms with Gasteiger partial charge in [-0.05, 0) is 30.3 Å². The van der Waals surface area contributed by atoms with E-state index < -0.39 is 30.1 Å². The molecule has 0 saturated carbocycles. The normalized spacial score (nSPS) is 14.3. The van der Waals surface area contributed by atoms with E-state index in [1.807, 2.05) is 0 Å². The third kappa shape index (κ3) is 4.24. The van der Waals surface area contributed by atoms with E-state index in [4.69, 9.17) is 0 Å². The number of hydrogen-bond acceptors (Lipinski definition) is 3. The lowest BCUT2D eigenvalue weighted by atomic mass is 10.1. The van der Waals surface area contributed by atoms with Gasteiger partial charge in [0.1, 0.15) is 17.4 Å². The van der Waals surface area contributed by atoms with Gasteiger partial charge in [-0.15, -0.1) is 0 Å². The van der Waals surface area contributed by atoms with E-state index in [0.717, 1.165) is 18.2 Å². The van der Waals surface area contributed by atoms with Crippen LogP contribution in [0.3, 0.4) is 0 Å². The average molecular weight is 396 g/mol. The molecule has 1 aliphatic heterocycles. The van der Waals surface area contributed by atoms with Crippen LogP contribution < -0.4 is 4.74 Å². The fourth-order valence-corrected chi connectivity index (χ4v) is 2.96. The van der Waals surface area contributed by atoms with Crippen LogP contribution in [0, 0.1) is 11.6 Å². The van der Waals surface area contributed by atoms with Crippen LogP contribution in [0.4, 0.5) is 17.6 Å². The minimum Gasteiger partial charge on any atom is -0.434 e. The highest BCUT2D eigenvalue weighted by atomic mass is 19.3. The molecule has 2 amide bonds. The van der Waals surface area contributed by atoms with E-state index in [-0.39, 0.29) is 43.1 Å². The van der Waals surface area contributed by atoms with Crippen molar-refractivity contribution in [3.8, 4) is 5.75 Å². The Hall–Kier alpha value is -3.10. The van der Waals surface area contributed by atoms with Crippen molar-refractivity contribution in [2.45, 2.75) is 6.61 Å². The maximum atomic E-state index is 13.8. The number of piperazine rings is 1. The number of alkyl halides is 2. The fraction of sp³-hybridized carbons (Fsp3) is 0.263. The smallest absolute Gasteiger partial charge is 0.387 e. The van der Waals surface area contributed by atoms with Crippen molar-refractivity contribution in [2.75, 3.05) is 26.2 Å². The van der Waals surface area contributed by atoms with Crippen LogP contribution >= 0.6 is 0 Å². The molecular formula is C19H16F4N2O3. The summed E-state index contributed by atoms with van der Waals surface area (Å²) >= 11 is 0. The fourth-order valence-electron chi connectivity index (χ4n) is 2.96. The van der Waals surface area contributed by atoms with Crippen LogP contribution in [0.5, 0.6) is 5.75 Å². The summed E-state index contributed by atoms with van der Waals surface area (Å²) in [4.78, 5) is 27.7. The largest absolute Gasteiger partial charge is 0.434 e. The van der Waals surface area contributed by atoms with E-state index in [9.17, 15) is 27.2 Å². The summed E-state index contributed by atoms with van der Waals surface area (Å²) in [7, 11) is 0. The Labute approximate surface area is 158 Å². The Kier molecular flexibility index (Phi) is 5.81. The van der Waals surface area contributed by atoms with Crippen molar-refractivity contribution < 1.29 is 31.9 Å². The third-order valence-electron chi connectivity index (χ3n) is 4.35. The number of rotatable bonds is 4. The van der Waals surface area contributed by atoms with Crippen LogP contribution in [-0.2, 0) is 0 Å². The van der Waals surface area contributed by atoms with Gasteiger partial charge in [-0.25, -0.2) is 8.78 Å². The summed E-state index contributed by atoms with van der Waals surface area (Å²) in [5, 5.41) is 0. The van der Waals surface area contributed by atoms with Crippen LogP contribution in [0.25, 0.3) is 0 Å². The second-order valence-electron chi connectivity index (χ2n) is 6.08. The molecule has 1 aliphatic rings. The van der Waals surface area contributed by atoms with Crippen LogP contribution in [-0.4, -0.2) is 54.4 Å². The van der Waals surface area contributed by atoms with Crippen LogP contribution in [0.1, 0.15) is 20.7 Å². The molecule has 0 atom stereocenters. The maximum Gasteiger partial charge on any atom is 0.387 e. The van der Waals surface area contributed by atoms with E-state index in [1.54, 1.807) is 0 Å². The predicted octanol–water partition coefficient (Wildman–Crippen LogP) is 3.16. The summed E-state index contributed by atoms with van der Waals surface area (Å²) in [6.07, 6.45) is 0. The SMILES string of the molecule is O=C(c1cc(F)ccc1F)N1CCN(C(=O)c2ccccc2OC(F)F)CC1. The van der Waals surface area contributed by atoms with Crippen LogP contribution in [0.2, 0.25) is 0 Å². The van der Waals surface area contributed by atoms with Gasteiger partial charge in [0.15, 0.2) is 0 Å². The van der Waals surface area contributed by atoms with Crippen LogP contribution in [0.15, 0.2) is 42.5 Å². The van der Waals surface area contributed by atoms with Gasteiger partial charge in [-0.2, -0.15) is 8.78 Å². The highest BCUT2D eigenvalue weighted by Crippen LogP contribution is 2.23. The molecule has 5 nitrogen and oxygen atoms in total. The van der Waals surface area contributed by atoms with Gasteiger partial charge >= 0.3 is 6.61 Å². The predicted molar refractivity (Wildman–Crippen MR) is 91.2 cm³/mol. The monoisotopic (exact) mass is 396 g/mol. The summed E-state index contributed by atoms with van der Waals surface area (Å²) in [6.45, 7) is -2.64. The molecule has 0 N–H and O–H groups in total. The Balaban J connectivity index is 1.68. The molecule has 1 saturated heterocycles. The first-order valence-corrected chi connectivity index (χ1v) is 8.44. The molecule has 9 heteroatoms. The molecule has 0 aliphatic carbocycles. The molecule has 1 fully saturated rings. The number of para-hydroxylation sites is 1. The highest BCUT2D eigenvalue weighted by Gasteiger charge is 2.28. The van der Waals surface area contributed by atoms with Gasteiger partial charge < -0.3 is 14.5 Å². The van der Waals surface area contributed by atoms with E-state index in [0.29, 0.717) is 0 Å². The van der Waals surface area contributed by atoms with Gasteiger partial charge in [0.2, 0.25) is 0 Å². The molecule has 148 valence electrons. The minimum absolute atomic E-state index is 0.0150. The van der Waals surface area contributed by atoms with Crippen molar-refractivity contribution >= 4 is 11.8 Å². The van der Waals surface area contributed by atoms with Crippen molar-refractivity contribution in [1.82, 2.24) is 9.80 Å². The topological polar surface area (TPSA) is 49.9 Å². The Morgan fingerprint density at radius 2 is 1.43 bits per heavy atom. The maximum absolute atomic E-state index is 13.8. The summed E-state index contributed by atoms with van der Waals surface area (Å²) in [5.74, 6) is -2.98. The van der Waals surface area contributed by atoms with Gasteiger partial charge in [0.05, 0.1) is 11.1 Å². The molecular weight excluding hydrogens is 380 g/mol. The number of carbonyl (C=O) groups excluding carboxylic acids is 2. The molecule has 0 spiro atoms. The lowest BCUT2D eigenvalue weighted by molar-refractivity contribution is -0.0503. The zero-order valence-electron chi connectivity index (χ0n) is 14.6. The number of benzene rings is 2. The molecule has 1 heterocycles. The lowest BCUT2D eigenvalue weighted by Crippen LogP contribution is -2.50. The first kappa shape index (κ1) is 19.7. The van der Waals surface area contributed by atoms with Crippen molar-refractivity contribution in [3.63, 3.8) is 0 Å². The van der Waals surface area contributed by atoms with Gasteiger partial charge in [0, 0.05) is 26.2 Å². The quantitative estimate of drug-likeness (QED) is 0.746. The molecule has 2 aromatic carbocycles. The van der Waals surface area contributed by atoms with Gasteiger partial charge in [-0.1, -0.05) is 12.1 Å². The summed E-state index contributed by atoms with van der Waals surface area (Å²) in [6, 6.07) is 8.26. The second-order valence-corrected chi connectivity index (χ2v) is 6.08. The average Bonchev–Trinajstić information content (AvgIpc) is 2.69. The number of ether oxygens (including phenoxy) is 1. The molecule has 0 radical (unpaired) electrons. The van der Waals surface area contributed by atoms with Crippen molar-refractivity contribution in [3.05, 3.63) is 65.2 Å². The molecule has 0 unspecified atom stereocenters. The first-order chi connectivity index (χ1) is 13.4.